The summed E-state index contributed by atoms with van der Waals surface area (Å²) in [7, 11) is 1.54. The predicted molar refractivity (Wildman–Crippen MR) is 99.8 cm³/mol. The molecule has 6 nitrogen and oxygen atoms in total. The van der Waals surface area contributed by atoms with Crippen molar-refractivity contribution in [2.24, 2.45) is 0 Å². The number of hydrogen-bond donors (Lipinski definition) is 2. The SMILES string of the molecule is COc1ccc(C(=O)NNC(=O)c2ccc(-c3ccc(Br)cc3)o2)cc1. The topological polar surface area (TPSA) is 80.6 Å². The number of nitrogens with one attached hydrogen (secondary N) is 2. The van der Waals surface area contributed by atoms with Crippen LogP contribution in [-0.2, 0) is 0 Å². The van der Waals surface area contributed by atoms with Crippen LogP contribution in [0.25, 0.3) is 11.3 Å². The quantitative estimate of drug-likeness (QED) is 0.636. The average Bonchev–Trinajstić information content (AvgIpc) is 3.16. The highest BCUT2D eigenvalue weighted by Gasteiger charge is 2.14. The van der Waals surface area contributed by atoms with Crippen LogP contribution in [0.3, 0.4) is 0 Å². The van der Waals surface area contributed by atoms with Crippen molar-refractivity contribution in [3.05, 3.63) is 76.5 Å². The van der Waals surface area contributed by atoms with Crippen LogP contribution in [0.5, 0.6) is 5.75 Å². The summed E-state index contributed by atoms with van der Waals surface area (Å²) < 4.78 is 11.5. The first kappa shape index (κ1) is 17.8. The van der Waals surface area contributed by atoms with Gasteiger partial charge >= 0.3 is 5.91 Å². The van der Waals surface area contributed by atoms with Crippen LogP contribution in [0.2, 0.25) is 0 Å². The molecule has 0 unspecified atom stereocenters. The number of rotatable bonds is 4. The molecule has 0 saturated carbocycles. The highest BCUT2D eigenvalue weighted by atomic mass is 79.9. The zero-order valence-electron chi connectivity index (χ0n) is 13.8. The standard InChI is InChI=1S/C19H15BrN2O4/c1-25-15-8-4-13(5-9-15)18(23)21-22-19(24)17-11-10-16(26-17)12-2-6-14(20)7-3-12/h2-11H,1H3,(H,21,23)(H,22,24). The van der Waals surface area contributed by atoms with Crippen molar-refractivity contribution < 1.29 is 18.7 Å². The van der Waals surface area contributed by atoms with Gasteiger partial charge in [0.1, 0.15) is 11.5 Å². The lowest BCUT2D eigenvalue weighted by Gasteiger charge is -2.06. The molecule has 0 fully saturated rings. The van der Waals surface area contributed by atoms with Gasteiger partial charge in [0.2, 0.25) is 0 Å². The first-order valence-corrected chi connectivity index (χ1v) is 8.46. The van der Waals surface area contributed by atoms with Gasteiger partial charge in [-0.25, -0.2) is 0 Å². The number of hydrogen-bond acceptors (Lipinski definition) is 4. The summed E-state index contributed by atoms with van der Waals surface area (Å²) in [5.74, 6) is 0.305. The Balaban J connectivity index is 1.61. The second-order valence-corrected chi connectivity index (χ2v) is 6.22. The van der Waals surface area contributed by atoms with Crippen molar-refractivity contribution in [3.8, 4) is 17.1 Å². The van der Waals surface area contributed by atoms with Crippen LogP contribution in [0.15, 0.2) is 69.6 Å². The Hall–Kier alpha value is -3.06. The fourth-order valence-electron chi connectivity index (χ4n) is 2.22. The summed E-state index contributed by atoms with van der Waals surface area (Å²) in [5, 5.41) is 0. The highest BCUT2D eigenvalue weighted by molar-refractivity contribution is 9.10. The highest BCUT2D eigenvalue weighted by Crippen LogP contribution is 2.23. The van der Waals surface area contributed by atoms with E-state index in [1.807, 2.05) is 24.3 Å². The van der Waals surface area contributed by atoms with E-state index < -0.39 is 11.8 Å². The van der Waals surface area contributed by atoms with Crippen LogP contribution >= 0.6 is 15.9 Å². The van der Waals surface area contributed by atoms with E-state index in [1.54, 1.807) is 43.5 Å². The Labute approximate surface area is 158 Å². The third kappa shape index (κ3) is 4.12. The molecule has 0 aliphatic carbocycles. The molecule has 0 aliphatic rings. The van der Waals surface area contributed by atoms with Crippen molar-refractivity contribution in [1.82, 2.24) is 10.9 Å². The Morgan fingerprint density at radius 1 is 0.885 bits per heavy atom. The zero-order chi connectivity index (χ0) is 18.5. The van der Waals surface area contributed by atoms with E-state index in [9.17, 15) is 9.59 Å². The minimum Gasteiger partial charge on any atom is -0.497 e. The molecule has 3 aromatic rings. The number of hydrazine groups is 1. The van der Waals surface area contributed by atoms with Crippen LogP contribution in [0.4, 0.5) is 0 Å². The second kappa shape index (κ2) is 7.88. The first-order chi connectivity index (χ1) is 12.6. The molecule has 1 aromatic heterocycles. The molecule has 3 rings (SSSR count). The first-order valence-electron chi connectivity index (χ1n) is 7.67. The summed E-state index contributed by atoms with van der Waals surface area (Å²) in [6.45, 7) is 0. The van der Waals surface area contributed by atoms with Gasteiger partial charge in [0.05, 0.1) is 7.11 Å². The largest absolute Gasteiger partial charge is 0.497 e. The van der Waals surface area contributed by atoms with Gasteiger partial charge in [-0.05, 0) is 48.5 Å². The third-order valence-corrected chi connectivity index (χ3v) is 4.13. The number of halogens is 1. The summed E-state index contributed by atoms with van der Waals surface area (Å²) in [4.78, 5) is 24.2. The van der Waals surface area contributed by atoms with E-state index in [0.29, 0.717) is 17.1 Å². The van der Waals surface area contributed by atoms with Gasteiger partial charge in [-0.1, -0.05) is 28.1 Å². The van der Waals surface area contributed by atoms with Gasteiger partial charge in [0, 0.05) is 15.6 Å². The average molecular weight is 415 g/mol. The van der Waals surface area contributed by atoms with E-state index in [1.165, 1.54) is 0 Å². The molecule has 0 aliphatic heterocycles. The minimum atomic E-state index is -0.546. The minimum absolute atomic E-state index is 0.0953. The third-order valence-electron chi connectivity index (χ3n) is 3.60. The molecule has 0 saturated heterocycles. The number of furan rings is 1. The number of benzene rings is 2. The van der Waals surface area contributed by atoms with E-state index in [4.69, 9.17) is 9.15 Å². The lowest BCUT2D eigenvalue weighted by Crippen LogP contribution is -2.41. The number of carbonyl (C=O) groups excluding carboxylic acids is 2. The Kier molecular flexibility index (Phi) is 5.38. The van der Waals surface area contributed by atoms with E-state index in [-0.39, 0.29) is 5.76 Å². The summed E-state index contributed by atoms with van der Waals surface area (Å²) in [6.07, 6.45) is 0. The van der Waals surface area contributed by atoms with Gasteiger partial charge in [-0.15, -0.1) is 0 Å². The number of ether oxygens (including phenoxy) is 1. The molecule has 2 amide bonds. The van der Waals surface area contributed by atoms with Crippen LogP contribution < -0.4 is 15.6 Å². The van der Waals surface area contributed by atoms with E-state index in [0.717, 1.165) is 10.0 Å². The lowest BCUT2D eigenvalue weighted by molar-refractivity contribution is 0.0831. The summed E-state index contributed by atoms with van der Waals surface area (Å²) >= 11 is 3.37. The summed E-state index contributed by atoms with van der Waals surface area (Å²) in [6, 6.07) is 17.3. The molecule has 0 spiro atoms. The molecular weight excluding hydrogens is 400 g/mol. The molecule has 7 heteroatoms. The molecule has 1 heterocycles. The Morgan fingerprint density at radius 2 is 1.54 bits per heavy atom. The van der Waals surface area contributed by atoms with Gasteiger partial charge in [-0.2, -0.15) is 0 Å². The van der Waals surface area contributed by atoms with Crippen molar-refractivity contribution >= 4 is 27.7 Å². The maximum Gasteiger partial charge on any atom is 0.305 e. The molecule has 2 N–H and O–H groups in total. The molecule has 0 radical (unpaired) electrons. The van der Waals surface area contributed by atoms with Crippen LogP contribution in [-0.4, -0.2) is 18.9 Å². The van der Waals surface area contributed by atoms with Crippen molar-refractivity contribution in [1.29, 1.82) is 0 Å². The fraction of sp³-hybridized carbons (Fsp3) is 0.0526. The fourth-order valence-corrected chi connectivity index (χ4v) is 2.48. The van der Waals surface area contributed by atoms with Crippen molar-refractivity contribution in [3.63, 3.8) is 0 Å². The monoisotopic (exact) mass is 414 g/mol. The Bertz CT molecular complexity index is 917. The van der Waals surface area contributed by atoms with Crippen LogP contribution in [0.1, 0.15) is 20.9 Å². The second-order valence-electron chi connectivity index (χ2n) is 5.31. The number of methoxy groups -OCH3 is 1. The normalized spacial score (nSPS) is 10.2. The molecular formula is C19H15BrN2O4. The maximum absolute atomic E-state index is 12.1. The number of amides is 2. The van der Waals surface area contributed by atoms with Gasteiger partial charge in [-0.3, -0.25) is 20.4 Å². The van der Waals surface area contributed by atoms with Gasteiger partial charge < -0.3 is 9.15 Å². The number of carbonyl (C=O) groups is 2. The van der Waals surface area contributed by atoms with E-state index >= 15 is 0 Å². The van der Waals surface area contributed by atoms with Gasteiger partial charge in [0.15, 0.2) is 5.76 Å². The van der Waals surface area contributed by atoms with Gasteiger partial charge in [0.25, 0.3) is 5.91 Å². The van der Waals surface area contributed by atoms with Crippen LogP contribution in [0, 0.1) is 0 Å². The van der Waals surface area contributed by atoms with E-state index in [2.05, 4.69) is 26.8 Å². The predicted octanol–water partition coefficient (Wildman–Crippen LogP) is 3.79. The smallest absolute Gasteiger partial charge is 0.305 e. The molecule has 0 bridgehead atoms. The molecule has 26 heavy (non-hydrogen) atoms. The zero-order valence-corrected chi connectivity index (χ0v) is 15.4. The molecule has 132 valence electrons. The lowest BCUT2D eigenvalue weighted by atomic mass is 10.2. The van der Waals surface area contributed by atoms with Crippen molar-refractivity contribution in [2.75, 3.05) is 7.11 Å². The molecule has 0 atom stereocenters. The Morgan fingerprint density at radius 3 is 2.19 bits per heavy atom. The summed E-state index contributed by atoms with van der Waals surface area (Å²) in [5.41, 5.74) is 5.91. The van der Waals surface area contributed by atoms with Crippen molar-refractivity contribution in [2.45, 2.75) is 0 Å². The maximum atomic E-state index is 12.1. The molecule has 2 aromatic carbocycles.